The van der Waals surface area contributed by atoms with E-state index in [9.17, 15) is 14.4 Å². The van der Waals surface area contributed by atoms with Crippen LogP contribution in [0, 0.1) is 42.4 Å². The summed E-state index contributed by atoms with van der Waals surface area (Å²) in [6.45, 7) is 1.94. The number of aryl methyl sites for hydroxylation is 1. The van der Waals surface area contributed by atoms with Gasteiger partial charge in [-0.3, -0.25) is 19.8 Å². The van der Waals surface area contributed by atoms with Crippen molar-refractivity contribution in [3.05, 3.63) is 47.5 Å². The fraction of sp³-hybridized carbons (Fsp3) is 0.421. The third-order valence-corrected chi connectivity index (χ3v) is 6.19. The number of hydrogen-bond acceptors (Lipinski definition) is 3. The number of imide groups is 1. The smallest absolute Gasteiger partial charge is 0.270 e. The third kappa shape index (κ3) is 1.72. The first-order valence-electron chi connectivity index (χ1n) is 8.50. The molecule has 2 bridgehead atoms. The number of nitrogens with one attached hydrogen (secondary N) is 1. The molecule has 3 fully saturated rings. The van der Waals surface area contributed by atoms with Crippen molar-refractivity contribution < 1.29 is 14.4 Å². The van der Waals surface area contributed by atoms with Crippen molar-refractivity contribution in [3.8, 4) is 0 Å². The number of carbonyl (C=O) groups excluding carboxylic acids is 3. The van der Waals surface area contributed by atoms with Gasteiger partial charge in [-0.2, -0.15) is 5.01 Å². The monoisotopic (exact) mass is 322 g/mol. The summed E-state index contributed by atoms with van der Waals surface area (Å²) < 4.78 is 0. The topological polar surface area (TPSA) is 66.5 Å². The van der Waals surface area contributed by atoms with E-state index in [4.69, 9.17) is 0 Å². The molecule has 0 spiro atoms. The Kier molecular flexibility index (Phi) is 2.65. The Morgan fingerprint density at radius 2 is 1.54 bits per heavy atom. The largest absolute Gasteiger partial charge is 0.272 e. The van der Waals surface area contributed by atoms with Gasteiger partial charge in [0.15, 0.2) is 0 Å². The van der Waals surface area contributed by atoms with Gasteiger partial charge in [0.1, 0.15) is 0 Å². The molecule has 5 aliphatic rings. The minimum absolute atomic E-state index is 0.169. The number of allylic oxidation sites excluding steroid dienone is 2. The molecule has 6 atom stereocenters. The van der Waals surface area contributed by atoms with Crippen LogP contribution in [-0.4, -0.2) is 22.7 Å². The average Bonchev–Trinajstić information content (AvgIpc) is 3.36. The fourth-order valence-electron chi connectivity index (χ4n) is 4.94. The Morgan fingerprint density at radius 3 is 2.08 bits per heavy atom. The van der Waals surface area contributed by atoms with Gasteiger partial charge in [0.25, 0.3) is 17.7 Å². The number of hydrazine groups is 1. The molecule has 3 amide bonds. The first kappa shape index (κ1) is 14.0. The van der Waals surface area contributed by atoms with Crippen LogP contribution in [0.5, 0.6) is 0 Å². The SMILES string of the molecule is Cc1ccc(C(=O)NN2C(=O)[C@H]3[C@@H]4C=C[C@@H]([C@H]5C[C@H]45)[C@@H]3C2=O)cc1. The molecule has 122 valence electrons. The van der Waals surface area contributed by atoms with Gasteiger partial charge in [0, 0.05) is 5.56 Å². The van der Waals surface area contributed by atoms with Crippen LogP contribution in [0.4, 0.5) is 0 Å². The van der Waals surface area contributed by atoms with Gasteiger partial charge >= 0.3 is 0 Å². The maximum atomic E-state index is 12.8. The molecule has 0 radical (unpaired) electrons. The molecular formula is C19H18N2O3. The summed E-state index contributed by atoms with van der Waals surface area (Å²) >= 11 is 0. The van der Waals surface area contributed by atoms with E-state index in [2.05, 4.69) is 17.6 Å². The minimum atomic E-state index is -0.416. The Labute approximate surface area is 139 Å². The highest BCUT2D eigenvalue weighted by Gasteiger charge is 2.67. The molecule has 5 nitrogen and oxygen atoms in total. The highest BCUT2D eigenvalue weighted by atomic mass is 16.2. The van der Waals surface area contributed by atoms with Gasteiger partial charge in [-0.25, -0.2) is 0 Å². The number of amides is 3. The van der Waals surface area contributed by atoms with Gasteiger partial charge in [-0.05, 0) is 49.1 Å². The lowest BCUT2D eigenvalue weighted by molar-refractivity contribution is -0.143. The van der Waals surface area contributed by atoms with Crippen molar-refractivity contribution in [1.29, 1.82) is 0 Å². The Morgan fingerprint density at radius 1 is 1.00 bits per heavy atom. The minimum Gasteiger partial charge on any atom is -0.272 e. The first-order valence-corrected chi connectivity index (χ1v) is 8.50. The second-order valence-corrected chi connectivity index (χ2v) is 7.47. The van der Waals surface area contributed by atoms with Crippen LogP contribution >= 0.6 is 0 Å². The van der Waals surface area contributed by atoms with Gasteiger partial charge < -0.3 is 0 Å². The average molecular weight is 322 g/mol. The van der Waals surface area contributed by atoms with Gasteiger partial charge in [0.2, 0.25) is 0 Å². The molecule has 5 heteroatoms. The maximum absolute atomic E-state index is 12.8. The zero-order chi connectivity index (χ0) is 16.6. The van der Waals surface area contributed by atoms with Crippen LogP contribution in [-0.2, 0) is 9.59 Å². The van der Waals surface area contributed by atoms with Crippen molar-refractivity contribution in [2.45, 2.75) is 13.3 Å². The van der Waals surface area contributed by atoms with E-state index in [-0.39, 0.29) is 35.5 Å². The maximum Gasteiger partial charge on any atom is 0.270 e. The molecule has 0 aromatic heterocycles. The molecule has 0 unspecified atom stereocenters. The second-order valence-electron chi connectivity index (χ2n) is 7.47. The van der Waals surface area contributed by atoms with E-state index in [1.165, 1.54) is 0 Å². The van der Waals surface area contributed by atoms with E-state index in [1.807, 2.05) is 19.1 Å². The van der Waals surface area contributed by atoms with Crippen LogP contribution in [0.3, 0.4) is 0 Å². The molecule has 4 aliphatic carbocycles. The lowest BCUT2D eigenvalue weighted by Crippen LogP contribution is -2.46. The van der Waals surface area contributed by atoms with E-state index < -0.39 is 5.91 Å². The Hall–Kier alpha value is -2.43. The van der Waals surface area contributed by atoms with Gasteiger partial charge in [0.05, 0.1) is 11.8 Å². The van der Waals surface area contributed by atoms with Crippen LogP contribution in [0.2, 0.25) is 0 Å². The zero-order valence-corrected chi connectivity index (χ0v) is 13.3. The van der Waals surface area contributed by atoms with Crippen molar-refractivity contribution in [3.63, 3.8) is 0 Å². The lowest BCUT2D eigenvalue weighted by Gasteiger charge is -2.37. The molecule has 1 N–H and O–H groups in total. The second kappa shape index (κ2) is 4.56. The molecule has 1 aliphatic heterocycles. The molecule has 2 saturated carbocycles. The molecule has 1 aromatic carbocycles. The highest BCUT2D eigenvalue weighted by molar-refractivity contribution is 6.08. The molecule has 1 heterocycles. The van der Waals surface area contributed by atoms with Gasteiger partial charge in [-0.15, -0.1) is 0 Å². The third-order valence-electron chi connectivity index (χ3n) is 6.19. The van der Waals surface area contributed by atoms with E-state index in [1.54, 1.807) is 12.1 Å². The molecule has 6 rings (SSSR count). The standard InChI is InChI=1S/C19H18N2O3/c1-9-2-4-10(5-3-9)17(22)20-21-18(23)15-11-6-7-12(14-8-13(11)14)16(15)19(21)24/h2-7,11-16H,8H2,1H3,(H,20,22)/t11-,12+,13-,14-,15+,16+/m1/s1. The van der Waals surface area contributed by atoms with E-state index >= 15 is 0 Å². The van der Waals surface area contributed by atoms with Crippen molar-refractivity contribution in [2.24, 2.45) is 35.5 Å². The number of rotatable bonds is 2. The number of benzene rings is 1. The Balaban J connectivity index is 1.40. The van der Waals surface area contributed by atoms with Crippen molar-refractivity contribution in [1.82, 2.24) is 10.4 Å². The predicted molar refractivity (Wildman–Crippen MR) is 85.2 cm³/mol. The molecule has 24 heavy (non-hydrogen) atoms. The summed E-state index contributed by atoms with van der Waals surface area (Å²) in [7, 11) is 0. The van der Waals surface area contributed by atoms with Crippen molar-refractivity contribution >= 4 is 17.7 Å². The van der Waals surface area contributed by atoms with E-state index in [0.717, 1.165) is 17.0 Å². The summed E-state index contributed by atoms with van der Waals surface area (Å²) in [6, 6.07) is 7.06. The van der Waals surface area contributed by atoms with Crippen LogP contribution in [0.15, 0.2) is 36.4 Å². The van der Waals surface area contributed by atoms with Crippen LogP contribution in [0.25, 0.3) is 0 Å². The van der Waals surface area contributed by atoms with E-state index in [0.29, 0.717) is 17.4 Å². The summed E-state index contributed by atoms with van der Waals surface area (Å²) in [5.41, 5.74) is 4.03. The predicted octanol–water partition coefficient (Wildman–Crippen LogP) is 1.69. The number of nitrogens with zero attached hydrogens (tertiary/aromatic N) is 1. The Bertz CT molecular complexity index is 761. The molecule has 1 saturated heterocycles. The summed E-state index contributed by atoms with van der Waals surface area (Å²) in [6.07, 6.45) is 5.37. The number of hydrogen-bond donors (Lipinski definition) is 1. The normalized spacial score (nSPS) is 38.1. The quantitative estimate of drug-likeness (QED) is 0.666. The molecular weight excluding hydrogens is 304 g/mol. The lowest BCUT2D eigenvalue weighted by atomic mass is 9.63. The highest BCUT2D eigenvalue weighted by Crippen LogP contribution is 2.65. The summed E-state index contributed by atoms with van der Waals surface area (Å²) in [5, 5.41) is 0.981. The molecule has 1 aromatic rings. The summed E-state index contributed by atoms with van der Waals surface area (Å²) in [5.74, 6) is -0.00257. The first-order chi connectivity index (χ1) is 11.6. The van der Waals surface area contributed by atoms with Crippen molar-refractivity contribution in [2.75, 3.05) is 0 Å². The van der Waals surface area contributed by atoms with Crippen LogP contribution < -0.4 is 5.43 Å². The summed E-state index contributed by atoms with van der Waals surface area (Å²) in [4.78, 5) is 38.0. The fourth-order valence-corrected chi connectivity index (χ4v) is 4.94. The number of carbonyl (C=O) groups is 3. The van der Waals surface area contributed by atoms with Gasteiger partial charge in [-0.1, -0.05) is 29.8 Å². The zero-order valence-electron chi connectivity index (χ0n) is 13.3. The van der Waals surface area contributed by atoms with Crippen LogP contribution in [0.1, 0.15) is 22.3 Å².